The largest absolute Gasteiger partial charge is 0.371 e. The molecule has 76 valence electrons. The standard InChI is InChI=1S/C10H18ClNO/c1-8(11)6-12-7-9-4-5-10(2,3)13-9/h9,12H,1,4-7H2,2-3H3. The molecule has 0 aliphatic carbocycles. The van der Waals surface area contributed by atoms with Gasteiger partial charge in [-0.3, -0.25) is 0 Å². The lowest BCUT2D eigenvalue weighted by Gasteiger charge is -2.19. The van der Waals surface area contributed by atoms with E-state index in [0.717, 1.165) is 19.4 Å². The van der Waals surface area contributed by atoms with Crippen LogP contribution in [0.4, 0.5) is 0 Å². The molecular weight excluding hydrogens is 186 g/mol. The zero-order valence-electron chi connectivity index (χ0n) is 8.40. The molecule has 0 aromatic heterocycles. The van der Waals surface area contributed by atoms with Gasteiger partial charge in [0.2, 0.25) is 0 Å². The average Bonchev–Trinajstić information content (AvgIpc) is 2.29. The molecule has 1 aliphatic rings. The average molecular weight is 204 g/mol. The van der Waals surface area contributed by atoms with Gasteiger partial charge in [-0.2, -0.15) is 0 Å². The van der Waals surface area contributed by atoms with Crippen LogP contribution in [0.2, 0.25) is 0 Å². The third kappa shape index (κ3) is 4.12. The number of hydrogen-bond donors (Lipinski definition) is 1. The van der Waals surface area contributed by atoms with Crippen molar-refractivity contribution in [2.75, 3.05) is 13.1 Å². The van der Waals surface area contributed by atoms with E-state index in [9.17, 15) is 0 Å². The van der Waals surface area contributed by atoms with Crippen molar-refractivity contribution in [3.63, 3.8) is 0 Å². The first-order valence-corrected chi connectivity index (χ1v) is 5.09. The fourth-order valence-corrected chi connectivity index (χ4v) is 1.68. The molecule has 0 bridgehead atoms. The molecule has 0 spiro atoms. The molecule has 3 heteroatoms. The summed E-state index contributed by atoms with van der Waals surface area (Å²) in [6.45, 7) is 9.41. The van der Waals surface area contributed by atoms with Crippen LogP contribution in [0.15, 0.2) is 11.6 Å². The van der Waals surface area contributed by atoms with Crippen LogP contribution in [-0.4, -0.2) is 24.8 Å². The zero-order valence-corrected chi connectivity index (χ0v) is 9.16. The maximum atomic E-state index is 5.80. The van der Waals surface area contributed by atoms with Crippen LogP contribution in [0, 0.1) is 0 Å². The molecule has 13 heavy (non-hydrogen) atoms. The Morgan fingerprint density at radius 3 is 2.85 bits per heavy atom. The molecule has 0 aromatic rings. The molecule has 0 saturated carbocycles. The highest BCUT2D eigenvalue weighted by molar-refractivity contribution is 6.29. The van der Waals surface area contributed by atoms with E-state index in [4.69, 9.17) is 16.3 Å². The van der Waals surface area contributed by atoms with E-state index in [1.54, 1.807) is 0 Å². The highest BCUT2D eigenvalue weighted by atomic mass is 35.5. The van der Waals surface area contributed by atoms with E-state index in [1.165, 1.54) is 0 Å². The Morgan fingerprint density at radius 1 is 1.69 bits per heavy atom. The normalized spacial score (nSPS) is 26.2. The summed E-state index contributed by atoms with van der Waals surface area (Å²) in [4.78, 5) is 0. The number of rotatable bonds is 4. The molecule has 1 heterocycles. The second-order valence-corrected chi connectivity index (χ2v) is 4.72. The van der Waals surface area contributed by atoms with Gasteiger partial charge >= 0.3 is 0 Å². The van der Waals surface area contributed by atoms with Crippen molar-refractivity contribution in [1.82, 2.24) is 5.32 Å². The lowest BCUT2D eigenvalue weighted by atomic mass is 10.1. The van der Waals surface area contributed by atoms with Gasteiger partial charge in [0.05, 0.1) is 11.7 Å². The van der Waals surface area contributed by atoms with Crippen molar-refractivity contribution in [2.24, 2.45) is 0 Å². The molecule has 1 atom stereocenters. The van der Waals surface area contributed by atoms with E-state index < -0.39 is 0 Å². The van der Waals surface area contributed by atoms with Crippen molar-refractivity contribution in [3.8, 4) is 0 Å². The lowest BCUT2D eigenvalue weighted by molar-refractivity contribution is -0.0138. The summed E-state index contributed by atoms with van der Waals surface area (Å²) in [5, 5.41) is 3.86. The van der Waals surface area contributed by atoms with E-state index in [0.29, 0.717) is 17.7 Å². The van der Waals surface area contributed by atoms with Crippen LogP contribution in [0.5, 0.6) is 0 Å². The van der Waals surface area contributed by atoms with E-state index >= 15 is 0 Å². The van der Waals surface area contributed by atoms with Gasteiger partial charge < -0.3 is 10.1 Å². The Morgan fingerprint density at radius 2 is 2.38 bits per heavy atom. The summed E-state index contributed by atoms with van der Waals surface area (Å²) in [6.07, 6.45) is 2.61. The Labute approximate surface area is 85.3 Å². The molecular formula is C10H18ClNO. The molecule has 1 aliphatic heterocycles. The first kappa shape index (κ1) is 11.0. The van der Waals surface area contributed by atoms with Crippen LogP contribution >= 0.6 is 11.6 Å². The number of hydrogen-bond acceptors (Lipinski definition) is 2. The summed E-state index contributed by atoms with van der Waals surface area (Å²) in [6, 6.07) is 0. The van der Waals surface area contributed by atoms with Crippen molar-refractivity contribution >= 4 is 11.6 Å². The first-order valence-electron chi connectivity index (χ1n) is 4.71. The monoisotopic (exact) mass is 203 g/mol. The van der Waals surface area contributed by atoms with Crippen LogP contribution in [-0.2, 0) is 4.74 Å². The second kappa shape index (κ2) is 4.45. The van der Waals surface area contributed by atoms with E-state index in [2.05, 4.69) is 25.7 Å². The summed E-state index contributed by atoms with van der Waals surface area (Å²) in [5.41, 5.74) is 0.0598. The molecule has 0 aromatic carbocycles. The molecule has 1 rings (SSSR count). The summed E-state index contributed by atoms with van der Waals surface area (Å²) < 4.78 is 5.80. The van der Waals surface area contributed by atoms with Gasteiger partial charge in [-0.15, -0.1) is 0 Å². The molecule has 1 N–H and O–H groups in total. The Bertz CT molecular complexity index is 191. The van der Waals surface area contributed by atoms with Crippen molar-refractivity contribution < 1.29 is 4.74 Å². The van der Waals surface area contributed by atoms with Crippen LogP contribution in [0.25, 0.3) is 0 Å². The predicted octanol–water partition coefficient (Wildman–Crippen LogP) is 2.29. The molecule has 2 nitrogen and oxygen atoms in total. The molecule has 0 radical (unpaired) electrons. The Hall–Kier alpha value is -0.0500. The van der Waals surface area contributed by atoms with Crippen LogP contribution in [0.3, 0.4) is 0 Å². The van der Waals surface area contributed by atoms with Crippen molar-refractivity contribution in [3.05, 3.63) is 11.6 Å². The predicted molar refractivity (Wildman–Crippen MR) is 56.0 cm³/mol. The number of halogens is 1. The Kier molecular flexibility index (Phi) is 3.77. The SMILES string of the molecule is C=C(Cl)CNCC1CCC(C)(C)O1. The minimum Gasteiger partial charge on any atom is -0.371 e. The van der Waals surface area contributed by atoms with E-state index in [1.807, 2.05) is 0 Å². The highest BCUT2D eigenvalue weighted by Gasteiger charge is 2.30. The molecule has 0 amide bonds. The summed E-state index contributed by atoms with van der Waals surface area (Å²) >= 11 is 5.62. The number of nitrogens with one attached hydrogen (secondary N) is 1. The van der Waals surface area contributed by atoms with Gasteiger partial charge in [-0.05, 0) is 26.7 Å². The van der Waals surface area contributed by atoms with Gasteiger partial charge in [0.1, 0.15) is 0 Å². The fourth-order valence-electron chi connectivity index (χ4n) is 1.59. The molecule has 1 saturated heterocycles. The third-order valence-corrected chi connectivity index (χ3v) is 2.38. The molecule has 1 fully saturated rings. The van der Waals surface area contributed by atoms with Crippen LogP contribution < -0.4 is 5.32 Å². The Balaban J connectivity index is 2.14. The van der Waals surface area contributed by atoms with Crippen molar-refractivity contribution in [2.45, 2.75) is 38.4 Å². The zero-order chi connectivity index (χ0) is 9.90. The topological polar surface area (TPSA) is 21.3 Å². The van der Waals surface area contributed by atoms with E-state index in [-0.39, 0.29) is 5.60 Å². The maximum absolute atomic E-state index is 5.80. The second-order valence-electron chi connectivity index (χ2n) is 4.19. The maximum Gasteiger partial charge on any atom is 0.0707 e. The minimum absolute atomic E-state index is 0.0598. The van der Waals surface area contributed by atoms with Gasteiger partial charge in [-0.1, -0.05) is 18.2 Å². The van der Waals surface area contributed by atoms with Gasteiger partial charge in [0, 0.05) is 18.1 Å². The van der Waals surface area contributed by atoms with Gasteiger partial charge in [0.25, 0.3) is 0 Å². The quantitative estimate of drug-likeness (QED) is 0.757. The third-order valence-electron chi connectivity index (χ3n) is 2.24. The summed E-state index contributed by atoms with van der Waals surface area (Å²) in [5.74, 6) is 0. The van der Waals surface area contributed by atoms with Crippen LogP contribution in [0.1, 0.15) is 26.7 Å². The highest BCUT2D eigenvalue weighted by Crippen LogP contribution is 2.28. The molecule has 1 unspecified atom stereocenters. The van der Waals surface area contributed by atoms with Gasteiger partial charge in [-0.25, -0.2) is 0 Å². The van der Waals surface area contributed by atoms with Crippen molar-refractivity contribution in [1.29, 1.82) is 0 Å². The lowest BCUT2D eigenvalue weighted by Crippen LogP contribution is -2.29. The summed E-state index contributed by atoms with van der Waals surface area (Å²) in [7, 11) is 0. The fraction of sp³-hybridized carbons (Fsp3) is 0.800. The first-order chi connectivity index (χ1) is 5.99. The minimum atomic E-state index is 0.0598. The van der Waals surface area contributed by atoms with Gasteiger partial charge in [0.15, 0.2) is 0 Å². The smallest absolute Gasteiger partial charge is 0.0707 e. The number of ether oxygens (including phenoxy) is 1.